The van der Waals surface area contributed by atoms with E-state index in [0.717, 1.165) is 22.6 Å². The molecule has 142 valence electrons. The van der Waals surface area contributed by atoms with Gasteiger partial charge in [0.05, 0.1) is 12.5 Å². The Morgan fingerprint density at radius 2 is 1.21 bits per heavy atom. The summed E-state index contributed by atoms with van der Waals surface area (Å²) in [6.07, 6.45) is 0.417. The summed E-state index contributed by atoms with van der Waals surface area (Å²) < 4.78 is 0. The zero-order chi connectivity index (χ0) is 20.1. The molecule has 3 rings (SSSR count). The number of hydrogen-bond donors (Lipinski definition) is 0. The van der Waals surface area contributed by atoms with Crippen LogP contribution in [0.2, 0.25) is 0 Å². The van der Waals surface area contributed by atoms with Crippen LogP contribution in [0.15, 0.2) is 72.8 Å². The van der Waals surface area contributed by atoms with Crippen molar-refractivity contribution in [3.63, 3.8) is 0 Å². The smallest absolute Gasteiger partial charge is 0.0669 e. The molecule has 0 unspecified atom stereocenters. The SMILES string of the molecule is CC(C)c1ccc(N(c2ccc(C(C)C)cc2)c2cccc(CC#N)c2)cc1. The van der Waals surface area contributed by atoms with Crippen LogP contribution in [0.4, 0.5) is 17.1 Å². The molecule has 0 aliphatic rings. The second kappa shape index (κ2) is 8.76. The molecule has 0 amide bonds. The van der Waals surface area contributed by atoms with Gasteiger partial charge in [-0.2, -0.15) is 5.26 Å². The van der Waals surface area contributed by atoms with Crippen molar-refractivity contribution in [2.24, 2.45) is 0 Å². The van der Waals surface area contributed by atoms with Crippen molar-refractivity contribution < 1.29 is 0 Å². The fraction of sp³-hybridized carbons (Fsp3) is 0.269. The molecule has 0 saturated heterocycles. The first kappa shape index (κ1) is 19.7. The molecule has 0 aromatic heterocycles. The first-order valence-corrected chi connectivity index (χ1v) is 9.95. The summed E-state index contributed by atoms with van der Waals surface area (Å²) in [5.41, 5.74) is 7.01. The first-order valence-electron chi connectivity index (χ1n) is 9.95. The maximum atomic E-state index is 9.08. The van der Waals surface area contributed by atoms with Crippen LogP contribution in [0.3, 0.4) is 0 Å². The standard InChI is InChI=1S/C26H28N2/c1-19(2)22-8-12-24(13-9-22)28(25-14-10-23(11-15-25)20(3)4)26-7-5-6-21(18-26)16-17-27/h5-15,18-20H,16H2,1-4H3. The van der Waals surface area contributed by atoms with Crippen LogP contribution in [-0.4, -0.2) is 0 Å². The summed E-state index contributed by atoms with van der Waals surface area (Å²) in [6, 6.07) is 28.0. The number of benzene rings is 3. The highest BCUT2D eigenvalue weighted by Gasteiger charge is 2.14. The highest BCUT2D eigenvalue weighted by molar-refractivity contribution is 5.77. The maximum absolute atomic E-state index is 9.08. The van der Waals surface area contributed by atoms with E-state index in [1.54, 1.807) is 0 Å². The molecule has 2 nitrogen and oxygen atoms in total. The van der Waals surface area contributed by atoms with Gasteiger partial charge in [0.2, 0.25) is 0 Å². The lowest BCUT2D eigenvalue weighted by molar-refractivity contribution is 0.866. The number of nitriles is 1. The molecule has 3 aromatic rings. The molecule has 0 radical (unpaired) electrons. The molecular weight excluding hydrogens is 340 g/mol. The van der Waals surface area contributed by atoms with Crippen molar-refractivity contribution in [1.82, 2.24) is 0 Å². The Labute approximate surface area is 169 Å². The highest BCUT2D eigenvalue weighted by Crippen LogP contribution is 2.36. The molecule has 28 heavy (non-hydrogen) atoms. The van der Waals surface area contributed by atoms with E-state index in [0.29, 0.717) is 18.3 Å². The van der Waals surface area contributed by atoms with Gasteiger partial charge in [0.15, 0.2) is 0 Å². The van der Waals surface area contributed by atoms with Crippen LogP contribution >= 0.6 is 0 Å². The number of rotatable bonds is 6. The lowest BCUT2D eigenvalue weighted by Crippen LogP contribution is -2.10. The molecule has 0 aliphatic heterocycles. The normalized spacial score (nSPS) is 10.9. The molecule has 2 heteroatoms. The van der Waals surface area contributed by atoms with E-state index < -0.39 is 0 Å². The van der Waals surface area contributed by atoms with Gasteiger partial charge in [-0.1, -0.05) is 64.1 Å². The summed E-state index contributed by atoms with van der Waals surface area (Å²) >= 11 is 0. The van der Waals surface area contributed by atoms with Gasteiger partial charge in [-0.15, -0.1) is 0 Å². The summed E-state index contributed by atoms with van der Waals surface area (Å²) in [7, 11) is 0. The van der Waals surface area contributed by atoms with E-state index in [1.807, 2.05) is 12.1 Å². The van der Waals surface area contributed by atoms with Gasteiger partial charge < -0.3 is 4.90 Å². The topological polar surface area (TPSA) is 27.0 Å². The molecule has 0 atom stereocenters. The molecule has 0 N–H and O–H groups in total. The fourth-order valence-electron chi connectivity index (χ4n) is 3.36. The molecule has 0 spiro atoms. The van der Waals surface area contributed by atoms with E-state index in [-0.39, 0.29) is 0 Å². The third kappa shape index (κ3) is 4.43. The fourth-order valence-corrected chi connectivity index (χ4v) is 3.36. The van der Waals surface area contributed by atoms with Crippen molar-refractivity contribution in [3.05, 3.63) is 89.5 Å². The quantitative estimate of drug-likeness (QED) is 0.451. The van der Waals surface area contributed by atoms with E-state index in [4.69, 9.17) is 5.26 Å². The third-order valence-corrected chi connectivity index (χ3v) is 5.09. The van der Waals surface area contributed by atoms with E-state index >= 15 is 0 Å². The highest BCUT2D eigenvalue weighted by atomic mass is 15.1. The molecule has 0 heterocycles. The number of nitrogens with zero attached hydrogens (tertiary/aromatic N) is 2. The van der Waals surface area contributed by atoms with Gasteiger partial charge in [-0.05, 0) is 64.9 Å². The Kier molecular flexibility index (Phi) is 6.16. The number of hydrogen-bond acceptors (Lipinski definition) is 2. The van der Waals surface area contributed by atoms with Gasteiger partial charge in [0.1, 0.15) is 0 Å². The second-order valence-electron chi connectivity index (χ2n) is 7.83. The van der Waals surface area contributed by atoms with Crippen molar-refractivity contribution in [3.8, 4) is 6.07 Å². The minimum Gasteiger partial charge on any atom is -0.310 e. The Bertz CT molecular complexity index is 893. The van der Waals surface area contributed by atoms with Crippen molar-refractivity contribution in [2.75, 3.05) is 4.90 Å². The van der Waals surface area contributed by atoms with E-state index in [9.17, 15) is 0 Å². The Morgan fingerprint density at radius 3 is 1.64 bits per heavy atom. The summed E-state index contributed by atoms with van der Waals surface area (Å²) in [5, 5.41) is 9.08. The van der Waals surface area contributed by atoms with Gasteiger partial charge in [-0.3, -0.25) is 0 Å². The minimum absolute atomic E-state index is 0.417. The summed E-state index contributed by atoms with van der Waals surface area (Å²) in [5.74, 6) is 1.01. The third-order valence-electron chi connectivity index (χ3n) is 5.09. The van der Waals surface area contributed by atoms with Crippen LogP contribution in [-0.2, 0) is 6.42 Å². The predicted octanol–water partition coefficient (Wildman–Crippen LogP) is 7.47. The number of anilines is 3. The van der Waals surface area contributed by atoms with E-state index in [2.05, 4.69) is 99.3 Å². The minimum atomic E-state index is 0.417. The zero-order valence-corrected chi connectivity index (χ0v) is 17.2. The van der Waals surface area contributed by atoms with Crippen LogP contribution in [0.5, 0.6) is 0 Å². The summed E-state index contributed by atoms with van der Waals surface area (Å²) in [6.45, 7) is 8.84. The Morgan fingerprint density at radius 1 is 0.714 bits per heavy atom. The maximum Gasteiger partial charge on any atom is 0.0669 e. The van der Waals surface area contributed by atoms with Crippen molar-refractivity contribution >= 4 is 17.1 Å². The van der Waals surface area contributed by atoms with E-state index in [1.165, 1.54) is 11.1 Å². The van der Waals surface area contributed by atoms with Crippen LogP contribution in [0, 0.1) is 11.3 Å². The van der Waals surface area contributed by atoms with Gasteiger partial charge in [-0.25, -0.2) is 0 Å². The van der Waals surface area contributed by atoms with Crippen molar-refractivity contribution in [1.29, 1.82) is 5.26 Å². The lowest BCUT2D eigenvalue weighted by Gasteiger charge is -2.26. The van der Waals surface area contributed by atoms with Crippen LogP contribution < -0.4 is 4.90 Å². The average molecular weight is 369 g/mol. The average Bonchev–Trinajstić information content (AvgIpc) is 2.69. The summed E-state index contributed by atoms with van der Waals surface area (Å²) in [4.78, 5) is 2.26. The van der Waals surface area contributed by atoms with Gasteiger partial charge >= 0.3 is 0 Å². The monoisotopic (exact) mass is 368 g/mol. The predicted molar refractivity (Wildman–Crippen MR) is 119 cm³/mol. The van der Waals surface area contributed by atoms with Gasteiger partial charge in [0, 0.05) is 17.1 Å². The zero-order valence-electron chi connectivity index (χ0n) is 17.2. The van der Waals surface area contributed by atoms with Crippen molar-refractivity contribution in [2.45, 2.75) is 46.0 Å². The lowest BCUT2D eigenvalue weighted by atomic mass is 10.0. The van der Waals surface area contributed by atoms with Crippen LogP contribution in [0.25, 0.3) is 0 Å². The second-order valence-corrected chi connectivity index (χ2v) is 7.83. The first-order chi connectivity index (χ1) is 13.5. The molecule has 0 bridgehead atoms. The molecule has 3 aromatic carbocycles. The van der Waals surface area contributed by atoms with Crippen LogP contribution in [0.1, 0.15) is 56.2 Å². The largest absolute Gasteiger partial charge is 0.310 e. The molecule has 0 fully saturated rings. The molecular formula is C26H28N2. The van der Waals surface area contributed by atoms with Gasteiger partial charge in [0.25, 0.3) is 0 Å². The Hall–Kier alpha value is -3.05. The molecule has 0 aliphatic carbocycles. The molecule has 0 saturated carbocycles. The Balaban J connectivity index is 2.08.